The Bertz CT molecular complexity index is 1180. The van der Waals surface area contributed by atoms with Gasteiger partial charge in [-0.1, -0.05) is 18.2 Å². The van der Waals surface area contributed by atoms with Crippen molar-refractivity contribution in [3.63, 3.8) is 0 Å². The number of anilines is 2. The standard InChI is InChI=1S/C22H21FN2O5S/c1-29-18-10-7-16(8-11-18)25-31(27,28)21-14-17(9-12-20(21)30-2)24-22(26)13-15-5-3-4-6-19(15)23/h3-12,14,25H,13H2,1-2H3,(H,24,26). The quantitative estimate of drug-likeness (QED) is 0.551. The van der Waals surface area contributed by atoms with Crippen LogP contribution < -0.4 is 19.5 Å². The van der Waals surface area contributed by atoms with Gasteiger partial charge in [-0.2, -0.15) is 0 Å². The zero-order valence-electron chi connectivity index (χ0n) is 16.9. The molecule has 0 radical (unpaired) electrons. The average Bonchev–Trinajstić information content (AvgIpc) is 2.75. The molecule has 3 aromatic carbocycles. The lowest BCUT2D eigenvalue weighted by Crippen LogP contribution is -2.17. The van der Waals surface area contributed by atoms with E-state index in [1.165, 1.54) is 50.6 Å². The maximum Gasteiger partial charge on any atom is 0.265 e. The molecule has 0 fully saturated rings. The first-order valence-corrected chi connectivity index (χ1v) is 10.7. The predicted molar refractivity (Wildman–Crippen MR) is 116 cm³/mol. The molecule has 0 aromatic heterocycles. The number of hydrogen-bond acceptors (Lipinski definition) is 5. The van der Waals surface area contributed by atoms with E-state index in [1.807, 2.05) is 0 Å². The molecule has 31 heavy (non-hydrogen) atoms. The molecule has 0 atom stereocenters. The van der Waals surface area contributed by atoms with E-state index in [2.05, 4.69) is 10.0 Å². The molecule has 162 valence electrons. The number of halogens is 1. The summed E-state index contributed by atoms with van der Waals surface area (Å²) < 4.78 is 52.3. The van der Waals surface area contributed by atoms with Crippen LogP contribution in [0.15, 0.2) is 71.6 Å². The molecule has 0 saturated heterocycles. The first kappa shape index (κ1) is 22.1. The lowest BCUT2D eigenvalue weighted by molar-refractivity contribution is -0.115. The van der Waals surface area contributed by atoms with Crippen LogP contribution in [0.5, 0.6) is 11.5 Å². The van der Waals surface area contributed by atoms with Gasteiger partial charge >= 0.3 is 0 Å². The maximum absolute atomic E-state index is 13.8. The van der Waals surface area contributed by atoms with Crippen LogP contribution in [0.25, 0.3) is 0 Å². The predicted octanol–water partition coefficient (Wildman–Crippen LogP) is 3.82. The fraction of sp³-hybridized carbons (Fsp3) is 0.136. The normalized spacial score (nSPS) is 10.9. The average molecular weight is 444 g/mol. The molecule has 0 saturated carbocycles. The van der Waals surface area contributed by atoms with Crippen LogP contribution in [0.2, 0.25) is 0 Å². The van der Waals surface area contributed by atoms with Crippen molar-refractivity contribution in [3.05, 3.63) is 78.1 Å². The largest absolute Gasteiger partial charge is 0.497 e. The number of carbonyl (C=O) groups is 1. The Morgan fingerprint density at radius 3 is 2.26 bits per heavy atom. The monoisotopic (exact) mass is 444 g/mol. The van der Waals surface area contributed by atoms with Crippen molar-refractivity contribution in [2.75, 3.05) is 24.3 Å². The van der Waals surface area contributed by atoms with E-state index in [1.54, 1.807) is 30.3 Å². The van der Waals surface area contributed by atoms with Gasteiger partial charge in [-0.15, -0.1) is 0 Å². The van der Waals surface area contributed by atoms with Crippen molar-refractivity contribution in [1.82, 2.24) is 0 Å². The molecule has 0 aliphatic carbocycles. The van der Waals surface area contributed by atoms with Crippen LogP contribution in [0, 0.1) is 5.82 Å². The van der Waals surface area contributed by atoms with E-state index in [4.69, 9.17) is 9.47 Å². The third-order valence-corrected chi connectivity index (χ3v) is 5.79. The summed E-state index contributed by atoms with van der Waals surface area (Å²) >= 11 is 0. The van der Waals surface area contributed by atoms with Crippen molar-refractivity contribution >= 4 is 27.3 Å². The van der Waals surface area contributed by atoms with Crippen molar-refractivity contribution in [3.8, 4) is 11.5 Å². The molecule has 0 aliphatic rings. The molecule has 7 nitrogen and oxygen atoms in total. The molecule has 1 amide bonds. The summed E-state index contributed by atoms with van der Waals surface area (Å²) in [5.41, 5.74) is 0.802. The number of benzene rings is 3. The van der Waals surface area contributed by atoms with E-state index < -0.39 is 21.7 Å². The highest BCUT2D eigenvalue weighted by atomic mass is 32.2. The Hall–Kier alpha value is -3.59. The summed E-state index contributed by atoms with van der Waals surface area (Å²) in [6.07, 6.45) is -0.190. The molecule has 0 spiro atoms. The zero-order valence-corrected chi connectivity index (χ0v) is 17.7. The van der Waals surface area contributed by atoms with Crippen LogP contribution in [0.3, 0.4) is 0 Å². The lowest BCUT2D eigenvalue weighted by Gasteiger charge is -2.14. The van der Waals surface area contributed by atoms with E-state index >= 15 is 0 Å². The minimum absolute atomic E-state index is 0.105. The van der Waals surface area contributed by atoms with Crippen molar-refractivity contribution in [2.24, 2.45) is 0 Å². The second-order valence-corrected chi connectivity index (χ2v) is 8.17. The lowest BCUT2D eigenvalue weighted by atomic mass is 10.1. The van der Waals surface area contributed by atoms with Gasteiger partial charge in [-0.05, 0) is 54.1 Å². The van der Waals surface area contributed by atoms with E-state index in [0.717, 1.165) is 0 Å². The molecule has 3 aromatic rings. The Morgan fingerprint density at radius 1 is 0.935 bits per heavy atom. The summed E-state index contributed by atoms with van der Waals surface area (Å²) in [4.78, 5) is 12.2. The summed E-state index contributed by atoms with van der Waals surface area (Å²) in [5.74, 6) is -0.283. The van der Waals surface area contributed by atoms with Crippen molar-refractivity contribution < 1.29 is 27.1 Å². The molecule has 9 heteroatoms. The Kier molecular flexibility index (Phi) is 6.76. The minimum Gasteiger partial charge on any atom is -0.497 e. The number of rotatable bonds is 8. The smallest absolute Gasteiger partial charge is 0.265 e. The van der Waals surface area contributed by atoms with Gasteiger partial charge in [0, 0.05) is 11.4 Å². The van der Waals surface area contributed by atoms with Crippen LogP contribution in [0.1, 0.15) is 5.56 Å². The Morgan fingerprint density at radius 2 is 1.61 bits per heavy atom. The van der Waals surface area contributed by atoms with Gasteiger partial charge in [-0.25, -0.2) is 12.8 Å². The molecule has 0 bridgehead atoms. The van der Waals surface area contributed by atoms with E-state index in [9.17, 15) is 17.6 Å². The van der Waals surface area contributed by atoms with Gasteiger partial charge < -0.3 is 14.8 Å². The van der Waals surface area contributed by atoms with Crippen molar-refractivity contribution in [1.29, 1.82) is 0 Å². The van der Waals surface area contributed by atoms with Gasteiger partial charge in [0.15, 0.2) is 0 Å². The number of carbonyl (C=O) groups excluding carboxylic acids is 1. The van der Waals surface area contributed by atoms with Gasteiger partial charge in [0.1, 0.15) is 22.2 Å². The molecule has 0 unspecified atom stereocenters. The third-order valence-electron chi connectivity index (χ3n) is 4.39. The van der Waals surface area contributed by atoms with Crippen LogP contribution in [-0.4, -0.2) is 28.5 Å². The topological polar surface area (TPSA) is 93.7 Å². The number of nitrogens with one attached hydrogen (secondary N) is 2. The second kappa shape index (κ2) is 9.48. The number of ether oxygens (including phenoxy) is 2. The van der Waals surface area contributed by atoms with Gasteiger partial charge in [0.05, 0.1) is 20.6 Å². The summed E-state index contributed by atoms with van der Waals surface area (Å²) in [7, 11) is -1.17. The SMILES string of the molecule is COc1ccc(NS(=O)(=O)c2cc(NC(=O)Cc3ccccc3F)ccc2OC)cc1. The number of sulfonamides is 1. The zero-order chi connectivity index (χ0) is 22.4. The summed E-state index contributed by atoms with van der Waals surface area (Å²) in [6, 6.07) is 16.5. The fourth-order valence-corrected chi connectivity index (χ4v) is 4.11. The number of hydrogen-bond donors (Lipinski definition) is 2. The van der Waals surface area contributed by atoms with Crippen LogP contribution >= 0.6 is 0 Å². The van der Waals surface area contributed by atoms with Crippen LogP contribution in [0.4, 0.5) is 15.8 Å². The summed E-state index contributed by atoms with van der Waals surface area (Å²) in [5, 5.41) is 2.59. The maximum atomic E-state index is 13.8. The molecule has 0 aliphatic heterocycles. The highest BCUT2D eigenvalue weighted by molar-refractivity contribution is 7.92. The first-order valence-electron chi connectivity index (χ1n) is 9.20. The van der Waals surface area contributed by atoms with Gasteiger partial charge in [0.2, 0.25) is 5.91 Å². The Balaban J connectivity index is 1.82. The molecular formula is C22H21FN2O5S. The molecule has 2 N–H and O–H groups in total. The van der Waals surface area contributed by atoms with Gasteiger partial charge in [-0.3, -0.25) is 9.52 Å². The second-order valence-electron chi connectivity index (χ2n) is 6.52. The van der Waals surface area contributed by atoms with Crippen LogP contribution in [-0.2, 0) is 21.2 Å². The number of amides is 1. The molecule has 0 heterocycles. The summed E-state index contributed by atoms with van der Waals surface area (Å²) in [6.45, 7) is 0. The van der Waals surface area contributed by atoms with Crippen molar-refractivity contribution in [2.45, 2.75) is 11.3 Å². The van der Waals surface area contributed by atoms with E-state index in [0.29, 0.717) is 11.4 Å². The van der Waals surface area contributed by atoms with Gasteiger partial charge in [0.25, 0.3) is 10.0 Å². The third kappa shape index (κ3) is 5.52. The minimum atomic E-state index is -4.03. The molecular weight excluding hydrogens is 423 g/mol. The highest BCUT2D eigenvalue weighted by Crippen LogP contribution is 2.29. The molecule has 3 rings (SSSR count). The van der Waals surface area contributed by atoms with E-state index in [-0.39, 0.29) is 28.3 Å². The number of methoxy groups -OCH3 is 2. The Labute approximate surface area is 179 Å². The fourth-order valence-electron chi connectivity index (χ4n) is 2.85. The highest BCUT2D eigenvalue weighted by Gasteiger charge is 2.21. The first-order chi connectivity index (χ1) is 14.8.